The lowest BCUT2D eigenvalue weighted by Gasteiger charge is -2.24. The van der Waals surface area contributed by atoms with Gasteiger partial charge in [-0.25, -0.2) is 0 Å². The number of hydrogen-bond donors (Lipinski definition) is 0. The van der Waals surface area contributed by atoms with E-state index in [1.165, 1.54) is 6.08 Å². The van der Waals surface area contributed by atoms with E-state index in [9.17, 15) is 4.79 Å². The van der Waals surface area contributed by atoms with E-state index in [0.29, 0.717) is 23.1 Å². The van der Waals surface area contributed by atoms with E-state index in [1.54, 1.807) is 37.3 Å². The molecule has 26 heavy (non-hydrogen) atoms. The molecule has 5 heteroatoms. The zero-order valence-electron chi connectivity index (χ0n) is 15.5. The normalized spacial score (nSPS) is 12.0. The van der Waals surface area contributed by atoms with E-state index < -0.39 is 0 Å². The minimum Gasteiger partial charge on any atom is -0.491 e. The molecule has 2 aromatic rings. The average Bonchev–Trinajstić information content (AvgIpc) is 2.65. The number of carbonyl (C=O) groups excluding carboxylic acids is 1. The summed E-state index contributed by atoms with van der Waals surface area (Å²) in [5.41, 5.74) is 1.86. The lowest BCUT2D eigenvalue weighted by atomic mass is 10.1. The largest absolute Gasteiger partial charge is 0.491 e. The Bertz CT molecular complexity index is 774. The highest BCUT2D eigenvalue weighted by Crippen LogP contribution is 2.36. The van der Waals surface area contributed by atoms with Gasteiger partial charge in [-0.15, -0.1) is 0 Å². The molecule has 0 heterocycles. The second-order valence-corrected chi connectivity index (χ2v) is 6.24. The first-order valence-corrected chi connectivity index (χ1v) is 8.85. The van der Waals surface area contributed by atoms with E-state index in [2.05, 4.69) is 0 Å². The fourth-order valence-electron chi connectivity index (χ4n) is 2.58. The standard InChI is InChI=1S/C21H24ClNO3/c1-5-26-19-14-16(13-18(22)21(19)25-4)11-12-20(24)23(3)15(2)17-9-7-6-8-10-17/h6-15H,5H2,1-4H3/b12-11+. The van der Waals surface area contributed by atoms with Crippen LogP contribution in [0.15, 0.2) is 48.5 Å². The number of likely N-dealkylation sites (N-methyl/N-ethyl adjacent to an activating group) is 1. The van der Waals surface area contributed by atoms with Gasteiger partial charge in [0, 0.05) is 13.1 Å². The van der Waals surface area contributed by atoms with Crippen molar-refractivity contribution in [3.05, 3.63) is 64.7 Å². The Labute approximate surface area is 160 Å². The van der Waals surface area contributed by atoms with Crippen molar-refractivity contribution in [3.63, 3.8) is 0 Å². The summed E-state index contributed by atoms with van der Waals surface area (Å²) in [5.74, 6) is 0.957. The molecule has 0 aliphatic carbocycles. The molecule has 2 aromatic carbocycles. The van der Waals surface area contributed by atoms with Crippen molar-refractivity contribution >= 4 is 23.6 Å². The van der Waals surface area contributed by atoms with Gasteiger partial charge in [-0.2, -0.15) is 0 Å². The number of ether oxygens (including phenoxy) is 2. The van der Waals surface area contributed by atoms with Crippen molar-refractivity contribution in [1.82, 2.24) is 4.90 Å². The molecule has 0 radical (unpaired) electrons. The maximum Gasteiger partial charge on any atom is 0.246 e. The fraction of sp³-hybridized carbons (Fsp3) is 0.286. The molecule has 1 unspecified atom stereocenters. The Hall–Kier alpha value is -2.46. The van der Waals surface area contributed by atoms with Crippen LogP contribution in [0.5, 0.6) is 11.5 Å². The molecule has 0 bridgehead atoms. The molecular weight excluding hydrogens is 350 g/mol. The molecular formula is C21H24ClNO3. The lowest BCUT2D eigenvalue weighted by Crippen LogP contribution is -2.27. The first kappa shape index (κ1) is 19.9. The topological polar surface area (TPSA) is 38.8 Å². The van der Waals surface area contributed by atoms with Gasteiger partial charge in [-0.05, 0) is 43.2 Å². The second kappa shape index (κ2) is 9.30. The number of hydrogen-bond acceptors (Lipinski definition) is 3. The van der Waals surface area contributed by atoms with Crippen LogP contribution in [0.1, 0.15) is 31.0 Å². The third-order valence-corrected chi connectivity index (χ3v) is 4.45. The summed E-state index contributed by atoms with van der Waals surface area (Å²) in [6.45, 7) is 4.38. The van der Waals surface area contributed by atoms with Gasteiger partial charge in [0.05, 0.1) is 24.8 Å². The third kappa shape index (κ3) is 4.79. The number of carbonyl (C=O) groups is 1. The summed E-state index contributed by atoms with van der Waals surface area (Å²) < 4.78 is 10.8. The monoisotopic (exact) mass is 373 g/mol. The molecule has 0 fully saturated rings. The van der Waals surface area contributed by atoms with Gasteiger partial charge in [-0.1, -0.05) is 41.9 Å². The molecule has 1 atom stereocenters. The molecule has 0 aliphatic heterocycles. The molecule has 0 aromatic heterocycles. The number of amides is 1. The molecule has 0 aliphatic rings. The zero-order chi connectivity index (χ0) is 19.1. The number of rotatable bonds is 7. The van der Waals surface area contributed by atoms with Crippen molar-refractivity contribution < 1.29 is 14.3 Å². The maximum absolute atomic E-state index is 12.5. The van der Waals surface area contributed by atoms with Crippen LogP contribution in [0.4, 0.5) is 0 Å². The molecule has 0 spiro atoms. The van der Waals surface area contributed by atoms with Crippen molar-refractivity contribution in [3.8, 4) is 11.5 Å². The van der Waals surface area contributed by atoms with Gasteiger partial charge in [0.25, 0.3) is 0 Å². The van der Waals surface area contributed by atoms with Gasteiger partial charge >= 0.3 is 0 Å². The summed E-state index contributed by atoms with van der Waals surface area (Å²) in [6, 6.07) is 13.4. The number of benzene rings is 2. The van der Waals surface area contributed by atoms with Gasteiger partial charge in [-0.3, -0.25) is 4.79 Å². The summed E-state index contributed by atoms with van der Waals surface area (Å²) in [4.78, 5) is 14.2. The minimum absolute atomic E-state index is 0.0215. The quantitative estimate of drug-likeness (QED) is 0.642. The van der Waals surface area contributed by atoms with Crippen LogP contribution in [0.3, 0.4) is 0 Å². The molecule has 0 saturated heterocycles. The van der Waals surface area contributed by atoms with Gasteiger partial charge < -0.3 is 14.4 Å². The Morgan fingerprint density at radius 1 is 1.27 bits per heavy atom. The Morgan fingerprint density at radius 2 is 1.96 bits per heavy atom. The second-order valence-electron chi connectivity index (χ2n) is 5.84. The van der Waals surface area contributed by atoms with Crippen molar-refractivity contribution in [1.29, 1.82) is 0 Å². The zero-order valence-corrected chi connectivity index (χ0v) is 16.3. The Balaban J connectivity index is 2.17. The highest BCUT2D eigenvalue weighted by atomic mass is 35.5. The van der Waals surface area contributed by atoms with E-state index in [0.717, 1.165) is 11.1 Å². The van der Waals surface area contributed by atoms with Gasteiger partial charge in [0.2, 0.25) is 5.91 Å². The van der Waals surface area contributed by atoms with Crippen LogP contribution in [-0.4, -0.2) is 31.6 Å². The molecule has 0 saturated carbocycles. The smallest absolute Gasteiger partial charge is 0.246 e. The minimum atomic E-state index is -0.0914. The first-order chi connectivity index (χ1) is 12.5. The Kier molecular flexibility index (Phi) is 7.10. The van der Waals surface area contributed by atoms with E-state index in [-0.39, 0.29) is 11.9 Å². The fourth-order valence-corrected chi connectivity index (χ4v) is 2.87. The summed E-state index contributed by atoms with van der Waals surface area (Å²) in [6.07, 6.45) is 3.26. The highest BCUT2D eigenvalue weighted by molar-refractivity contribution is 6.32. The Morgan fingerprint density at radius 3 is 2.58 bits per heavy atom. The predicted molar refractivity (Wildman–Crippen MR) is 106 cm³/mol. The first-order valence-electron chi connectivity index (χ1n) is 8.48. The van der Waals surface area contributed by atoms with Crippen molar-refractivity contribution in [2.24, 2.45) is 0 Å². The van der Waals surface area contributed by atoms with Gasteiger partial charge in [0.1, 0.15) is 0 Å². The van der Waals surface area contributed by atoms with Crippen LogP contribution in [0, 0.1) is 0 Å². The molecule has 2 rings (SSSR count). The van der Waals surface area contributed by atoms with Crippen LogP contribution < -0.4 is 9.47 Å². The van der Waals surface area contributed by atoms with Crippen LogP contribution in [0.25, 0.3) is 6.08 Å². The van der Waals surface area contributed by atoms with Crippen molar-refractivity contribution in [2.75, 3.05) is 20.8 Å². The molecule has 0 N–H and O–H groups in total. The molecule has 4 nitrogen and oxygen atoms in total. The summed E-state index contributed by atoms with van der Waals surface area (Å²) in [7, 11) is 3.33. The number of halogens is 1. The average molecular weight is 374 g/mol. The number of nitrogens with zero attached hydrogens (tertiary/aromatic N) is 1. The van der Waals surface area contributed by atoms with E-state index >= 15 is 0 Å². The summed E-state index contributed by atoms with van der Waals surface area (Å²) in [5, 5.41) is 0.441. The maximum atomic E-state index is 12.5. The van der Waals surface area contributed by atoms with Crippen LogP contribution in [0.2, 0.25) is 5.02 Å². The third-order valence-electron chi connectivity index (χ3n) is 4.16. The van der Waals surface area contributed by atoms with Crippen LogP contribution >= 0.6 is 11.6 Å². The SMILES string of the molecule is CCOc1cc(/C=C/C(=O)N(C)C(C)c2ccccc2)cc(Cl)c1OC. The molecule has 1 amide bonds. The van der Waals surface area contributed by atoms with Gasteiger partial charge in [0.15, 0.2) is 11.5 Å². The highest BCUT2D eigenvalue weighted by Gasteiger charge is 2.15. The molecule has 138 valence electrons. The van der Waals surface area contributed by atoms with E-state index in [1.807, 2.05) is 44.2 Å². The van der Waals surface area contributed by atoms with Crippen LogP contribution in [-0.2, 0) is 4.79 Å². The predicted octanol–water partition coefficient (Wildman–Crippen LogP) is 4.98. The lowest BCUT2D eigenvalue weighted by molar-refractivity contribution is -0.126. The summed E-state index contributed by atoms with van der Waals surface area (Å²) >= 11 is 6.24. The van der Waals surface area contributed by atoms with E-state index in [4.69, 9.17) is 21.1 Å². The number of methoxy groups -OCH3 is 1. The van der Waals surface area contributed by atoms with Crippen molar-refractivity contribution in [2.45, 2.75) is 19.9 Å².